The molecule has 2 saturated carbocycles. The summed E-state index contributed by atoms with van der Waals surface area (Å²) in [4.78, 5) is 21.9. The summed E-state index contributed by atoms with van der Waals surface area (Å²) in [7, 11) is 0. The van der Waals surface area contributed by atoms with E-state index in [1.807, 2.05) is 0 Å². The Morgan fingerprint density at radius 1 is 1.45 bits per heavy atom. The molecule has 0 aromatic carbocycles. The molecule has 0 aromatic rings. The van der Waals surface area contributed by atoms with Crippen LogP contribution >= 0.6 is 0 Å². The number of hydrogen-bond donors (Lipinski definition) is 1. The first-order chi connectivity index (χ1) is 5.18. The van der Waals surface area contributed by atoms with Crippen LogP contribution in [0.15, 0.2) is 0 Å². The van der Waals surface area contributed by atoms with Crippen molar-refractivity contribution in [2.24, 2.45) is 23.5 Å². The van der Waals surface area contributed by atoms with Gasteiger partial charge in [0.15, 0.2) is 0 Å². The highest BCUT2D eigenvalue weighted by atomic mass is 16.1. The minimum absolute atomic E-state index is 0.0162. The van der Waals surface area contributed by atoms with Gasteiger partial charge in [0.1, 0.15) is 5.78 Å². The smallest absolute Gasteiger partial charge is 0.221 e. The molecule has 0 spiro atoms. The Morgan fingerprint density at radius 3 is 2.55 bits per heavy atom. The quantitative estimate of drug-likeness (QED) is 0.580. The molecule has 0 saturated heterocycles. The van der Waals surface area contributed by atoms with Crippen molar-refractivity contribution >= 4 is 11.7 Å². The van der Waals surface area contributed by atoms with E-state index < -0.39 is 0 Å². The van der Waals surface area contributed by atoms with Crippen LogP contribution in [0.3, 0.4) is 0 Å². The average Bonchev–Trinajstić information content (AvgIpc) is 2.43. The van der Waals surface area contributed by atoms with Gasteiger partial charge in [0, 0.05) is 18.3 Å². The van der Waals surface area contributed by atoms with Crippen LogP contribution in [0.5, 0.6) is 0 Å². The van der Waals surface area contributed by atoms with Gasteiger partial charge in [-0.1, -0.05) is 0 Å². The second-order valence-corrected chi connectivity index (χ2v) is 3.62. The van der Waals surface area contributed by atoms with E-state index >= 15 is 0 Å². The van der Waals surface area contributed by atoms with Crippen molar-refractivity contribution < 1.29 is 9.59 Å². The fourth-order valence-corrected chi connectivity index (χ4v) is 2.42. The van der Waals surface area contributed by atoms with Gasteiger partial charge < -0.3 is 5.73 Å². The zero-order valence-corrected chi connectivity index (χ0v) is 6.25. The van der Waals surface area contributed by atoms with Crippen molar-refractivity contribution in [3.8, 4) is 0 Å². The molecule has 2 N–H and O–H groups in total. The normalized spacial score (nSPS) is 41.5. The Morgan fingerprint density at radius 2 is 2.18 bits per heavy atom. The van der Waals surface area contributed by atoms with Gasteiger partial charge in [-0.2, -0.15) is 0 Å². The van der Waals surface area contributed by atoms with Crippen LogP contribution in [0.25, 0.3) is 0 Å². The summed E-state index contributed by atoms with van der Waals surface area (Å²) in [5, 5.41) is 0. The summed E-state index contributed by atoms with van der Waals surface area (Å²) in [6.07, 6.45) is 2.45. The van der Waals surface area contributed by atoms with Gasteiger partial charge in [0.2, 0.25) is 5.91 Å². The summed E-state index contributed by atoms with van der Waals surface area (Å²) in [5.41, 5.74) is 5.16. The molecule has 0 heterocycles. The predicted octanol–water partition coefficient (Wildman–Crippen LogP) is 0.0869. The Bertz CT molecular complexity index is 224. The number of nitrogens with two attached hydrogens (primary N) is 1. The SMILES string of the molecule is NC(=O)[C@H]1C[C@@H]2CC(=O)[C@@H]1C2. The number of carbonyl (C=O) groups excluding carboxylic acids is 2. The van der Waals surface area contributed by atoms with E-state index in [4.69, 9.17) is 5.73 Å². The number of primary amides is 1. The fraction of sp³-hybridized carbons (Fsp3) is 0.750. The van der Waals surface area contributed by atoms with E-state index in [9.17, 15) is 9.59 Å². The fourth-order valence-electron chi connectivity index (χ4n) is 2.42. The first-order valence-corrected chi connectivity index (χ1v) is 4.00. The third kappa shape index (κ3) is 0.870. The third-order valence-electron chi connectivity index (χ3n) is 2.93. The maximum atomic E-state index is 11.1. The lowest BCUT2D eigenvalue weighted by molar-refractivity contribution is -0.131. The summed E-state index contributed by atoms with van der Waals surface area (Å²) in [5.74, 6) is 0.277. The van der Waals surface area contributed by atoms with Gasteiger partial charge >= 0.3 is 0 Å². The van der Waals surface area contributed by atoms with Crippen molar-refractivity contribution in [3.63, 3.8) is 0 Å². The zero-order chi connectivity index (χ0) is 8.01. The molecule has 1 amide bonds. The molecule has 3 atom stereocenters. The summed E-state index contributed by atoms with van der Waals surface area (Å²) in [6, 6.07) is 0. The lowest BCUT2D eigenvalue weighted by Gasteiger charge is -2.16. The summed E-state index contributed by atoms with van der Waals surface area (Å²) >= 11 is 0. The molecule has 3 nitrogen and oxygen atoms in total. The van der Waals surface area contributed by atoms with Crippen molar-refractivity contribution in [1.82, 2.24) is 0 Å². The van der Waals surface area contributed by atoms with Crippen molar-refractivity contribution in [2.75, 3.05) is 0 Å². The lowest BCUT2D eigenvalue weighted by Crippen LogP contribution is -2.31. The van der Waals surface area contributed by atoms with Crippen molar-refractivity contribution in [2.45, 2.75) is 19.3 Å². The van der Waals surface area contributed by atoms with Crippen LogP contribution in [0.2, 0.25) is 0 Å². The Kier molecular flexibility index (Phi) is 1.28. The molecular formula is C8H11NO2. The monoisotopic (exact) mass is 153 g/mol. The molecule has 60 valence electrons. The number of rotatable bonds is 1. The van der Waals surface area contributed by atoms with Crippen molar-refractivity contribution in [3.05, 3.63) is 0 Å². The maximum absolute atomic E-state index is 11.1. The van der Waals surface area contributed by atoms with Crippen molar-refractivity contribution in [1.29, 1.82) is 0 Å². The van der Waals surface area contributed by atoms with Crippen LogP contribution in [0.1, 0.15) is 19.3 Å². The molecule has 2 fully saturated rings. The van der Waals surface area contributed by atoms with Crippen LogP contribution in [-0.2, 0) is 9.59 Å². The van der Waals surface area contributed by atoms with Crippen LogP contribution < -0.4 is 5.73 Å². The number of ketones is 1. The number of fused-ring (bicyclic) bond motifs is 2. The van der Waals surface area contributed by atoms with Gasteiger partial charge in [-0.05, 0) is 18.8 Å². The maximum Gasteiger partial charge on any atom is 0.221 e. The van der Waals surface area contributed by atoms with Gasteiger partial charge in [-0.25, -0.2) is 0 Å². The molecule has 0 aromatic heterocycles. The van der Waals surface area contributed by atoms with E-state index in [-0.39, 0.29) is 23.5 Å². The molecular weight excluding hydrogens is 142 g/mol. The Hall–Kier alpha value is -0.860. The number of hydrogen-bond acceptors (Lipinski definition) is 2. The molecule has 3 heteroatoms. The van der Waals surface area contributed by atoms with E-state index in [0.29, 0.717) is 12.3 Å². The van der Waals surface area contributed by atoms with Gasteiger partial charge in [-0.15, -0.1) is 0 Å². The zero-order valence-electron chi connectivity index (χ0n) is 6.25. The van der Waals surface area contributed by atoms with E-state index in [2.05, 4.69) is 0 Å². The van der Waals surface area contributed by atoms with E-state index in [1.165, 1.54) is 0 Å². The standard InChI is InChI=1S/C8H11NO2/c9-8(11)6-2-4-1-5(6)7(10)3-4/h4-6H,1-3H2,(H2,9,11)/t4-,5-,6+/m1/s1. The molecule has 11 heavy (non-hydrogen) atoms. The summed E-state index contributed by atoms with van der Waals surface area (Å²) in [6.45, 7) is 0. The molecule has 2 rings (SSSR count). The average molecular weight is 153 g/mol. The molecule has 2 aliphatic carbocycles. The minimum Gasteiger partial charge on any atom is -0.369 e. The highest BCUT2D eigenvalue weighted by Crippen LogP contribution is 2.45. The highest BCUT2D eigenvalue weighted by molar-refractivity contribution is 5.91. The number of carbonyl (C=O) groups is 2. The lowest BCUT2D eigenvalue weighted by atomic mass is 9.87. The molecule has 2 bridgehead atoms. The van der Waals surface area contributed by atoms with Gasteiger partial charge in [0.05, 0.1) is 0 Å². The number of Topliss-reactive ketones (excluding diaryl/α,β-unsaturated/α-hetero) is 1. The first-order valence-electron chi connectivity index (χ1n) is 4.00. The van der Waals surface area contributed by atoms with Gasteiger partial charge in [-0.3, -0.25) is 9.59 Å². The van der Waals surface area contributed by atoms with Crippen LogP contribution in [-0.4, -0.2) is 11.7 Å². The van der Waals surface area contributed by atoms with Crippen LogP contribution in [0, 0.1) is 17.8 Å². The molecule has 2 aliphatic rings. The highest BCUT2D eigenvalue weighted by Gasteiger charge is 2.47. The summed E-state index contributed by atoms with van der Waals surface area (Å²) < 4.78 is 0. The third-order valence-corrected chi connectivity index (χ3v) is 2.93. The Labute approximate surface area is 64.9 Å². The topological polar surface area (TPSA) is 60.2 Å². The second-order valence-electron chi connectivity index (χ2n) is 3.62. The van der Waals surface area contributed by atoms with E-state index in [0.717, 1.165) is 12.8 Å². The number of amides is 1. The van der Waals surface area contributed by atoms with Crippen LogP contribution in [0.4, 0.5) is 0 Å². The largest absolute Gasteiger partial charge is 0.369 e. The van der Waals surface area contributed by atoms with E-state index in [1.54, 1.807) is 0 Å². The Balaban J connectivity index is 2.18. The molecule has 0 aliphatic heterocycles. The first kappa shape index (κ1) is 6.83. The van der Waals surface area contributed by atoms with Gasteiger partial charge in [0.25, 0.3) is 0 Å². The predicted molar refractivity (Wildman–Crippen MR) is 38.5 cm³/mol. The molecule has 0 radical (unpaired) electrons. The molecule has 0 unspecified atom stereocenters. The minimum atomic E-state index is -0.287. The second kappa shape index (κ2) is 2.06.